The summed E-state index contributed by atoms with van der Waals surface area (Å²) in [5, 5.41) is 8.97. The number of nitrogen functional groups attached to an aromatic ring is 1. The molecule has 0 aromatic heterocycles. The van der Waals surface area contributed by atoms with Crippen molar-refractivity contribution in [2.75, 3.05) is 5.73 Å². The maximum atomic E-state index is 12.4. The molecule has 0 saturated carbocycles. The lowest BCUT2D eigenvalue weighted by atomic mass is 9.83. The number of rotatable bonds is 2. The second-order valence-corrected chi connectivity index (χ2v) is 4.23. The van der Waals surface area contributed by atoms with Crippen LogP contribution in [-0.4, -0.2) is 11.1 Å². The quantitative estimate of drug-likeness (QED) is 0.789. The number of aliphatic carboxylic acids is 1. The van der Waals surface area contributed by atoms with Crippen molar-refractivity contribution in [3.8, 4) is 0 Å². The first kappa shape index (κ1) is 13.3. The second-order valence-electron chi connectivity index (χ2n) is 4.23. The molecule has 3 N–H and O–H groups in total. The number of carbonyl (C=O) groups is 1. The number of hydrogen-bond donors (Lipinski definition) is 2. The standard InChI is InChI=1S/C11H12F3NO2/c1-10(2,9(16)17)7-4-3-6(5-8(7)15)11(12,13)14/h3-5H,15H2,1-2H3,(H,16,17). The fourth-order valence-corrected chi connectivity index (χ4v) is 1.42. The summed E-state index contributed by atoms with van der Waals surface area (Å²) in [5.41, 5.74) is 3.26. The molecule has 6 heteroatoms. The summed E-state index contributed by atoms with van der Waals surface area (Å²) < 4.78 is 37.1. The largest absolute Gasteiger partial charge is 0.481 e. The number of carboxylic acid groups (broad SMARTS) is 1. The number of benzene rings is 1. The summed E-state index contributed by atoms with van der Waals surface area (Å²) >= 11 is 0. The highest BCUT2D eigenvalue weighted by atomic mass is 19.4. The van der Waals surface area contributed by atoms with Crippen LogP contribution in [0.5, 0.6) is 0 Å². The Labute approximate surface area is 96.0 Å². The van der Waals surface area contributed by atoms with E-state index in [4.69, 9.17) is 10.8 Å². The minimum Gasteiger partial charge on any atom is -0.481 e. The SMILES string of the molecule is CC(C)(C(=O)O)c1ccc(C(F)(F)F)cc1N. The molecule has 0 aliphatic heterocycles. The van der Waals surface area contributed by atoms with Crippen LogP contribution in [0.25, 0.3) is 0 Å². The lowest BCUT2D eigenvalue weighted by Crippen LogP contribution is -2.29. The highest BCUT2D eigenvalue weighted by Gasteiger charge is 2.35. The smallest absolute Gasteiger partial charge is 0.416 e. The van der Waals surface area contributed by atoms with Crippen LogP contribution in [-0.2, 0) is 16.4 Å². The zero-order valence-electron chi connectivity index (χ0n) is 9.30. The van der Waals surface area contributed by atoms with Crippen LogP contribution >= 0.6 is 0 Å². The van der Waals surface area contributed by atoms with E-state index in [1.54, 1.807) is 0 Å². The van der Waals surface area contributed by atoms with Crippen LogP contribution in [0.15, 0.2) is 18.2 Å². The van der Waals surface area contributed by atoms with Crippen LogP contribution in [0, 0.1) is 0 Å². The van der Waals surface area contributed by atoms with Crippen LogP contribution in [0.4, 0.5) is 18.9 Å². The number of alkyl halides is 3. The first-order valence-electron chi connectivity index (χ1n) is 4.77. The van der Waals surface area contributed by atoms with Gasteiger partial charge in [0.15, 0.2) is 0 Å². The summed E-state index contributed by atoms with van der Waals surface area (Å²) in [6.45, 7) is 2.77. The van der Waals surface area contributed by atoms with E-state index in [1.165, 1.54) is 13.8 Å². The Hall–Kier alpha value is -1.72. The average molecular weight is 247 g/mol. The van der Waals surface area contributed by atoms with Gasteiger partial charge in [0.05, 0.1) is 11.0 Å². The van der Waals surface area contributed by atoms with Crippen LogP contribution < -0.4 is 5.73 Å². The second kappa shape index (κ2) is 3.94. The van der Waals surface area contributed by atoms with E-state index in [-0.39, 0.29) is 11.3 Å². The van der Waals surface area contributed by atoms with Gasteiger partial charge in [-0.25, -0.2) is 0 Å². The van der Waals surface area contributed by atoms with Gasteiger partial charge in [0.1, 0.15) is 0 Å². The number of hydrogen-bond acceptors (Lipinski definition) is 2. The van der Waals surface area contributed by atoms with Crippen molar-refractivity contribution in [3.05, 3.63) is 29.3 Å². The van der Waals surface area contributed by atoms with Crippen molar-refractivity contribution < 1.29 is 23.1 Å². The highest BCUT2D eigenvalue weighted by Crippen LogP contribution is 2.35. The molecule has 0 saturated heterocycles. The third-order valence-corrected chi connectivity index (χ3v) is 2.59. The molecule has 0 heterocycles. The lowest BCUT2D eigenvalue weighted by molar-refractivity contribution is -0.142. The molecule has 0 amide bonds. The van der Waals surface area contributed by atoms with Gasteiger partial charge in [-0.3, -0.25) is 4.79 Å². The van der Waals surface area contributed by atoms with Gasteiger partial charge in [0, 0.05) is 5.69 Å². The molecule has 0 radical (unpaired) electrons. The van der Waals surface area contributed by atoms with E-state index in [1.807, 2.05) is 0 Å². The predicted molar refractivity (Wildman–Crippen MR) is 56.5 cm³/mol. The molecule has 94 valence electrons. The Morgan fingerprint density at radius 3 is 2.18 bits per heavy atom. The van der Waals surface area contributed by atoms with Gasteiger partial charge in [0.25, 0.3) is 0 Å². The van der Waals surface area contributed by atoms with Crippen LogP contribution in [0.2, 0.25) is 0 Å². The third kappa shape index (κ3) is 2.51. The van der Waals surface area contributed by atoms with Crippen molar-refractivity contribution >= 4 is 11.7 Å². The molecule has 0 aliphatic carbocycles. The maximum absolute atomic E-state index is 12.4. The fourth-order valence-electron chi connectivity index (χ4n) is 1.42. The van der Waals surface area contributed by atoms with Gasteiger partial charge < -0.3 is 10.8 Å². The number of carboxylic acids is 1. The van der Waals surface area contributed by atoms with Gasteiger partial charge >= 0.3 is 12.1 Å². The molecule has 0 spiro atoms. The number of nitrogens with two attached hydrogens (primary N) is 1. The van der Waals surface area contributed by atoms with Crippen LogP contribution in [0.3, 0.4) is 0 Å². The molecule has 3 nitrogen and oxygen atoms in total. The molecule has 0 fully saturated rings. The van der Waals surface area contributed by atoms with Gasteiger partial charge in [-0.15, -0.1) is 0 Å². The Morgan fingerprint density at radius 1 is 1.29 bits per heavy atom. The van der Waals surface area contributed by atoms with Gasteiger partial charge in [-0.1, -0.05) is 6.07 Å². The maximum Gasteiger partial charge on any atom is 0.416 e. The van der Waals surface area contributed by atoms with Crippen molar-refractivity contribution in [2.24, 2.45) is 0 Å². The molecule has 1 rings (SSSR count). The van der Waals surface area contributed by atoms with Crippen molar-refractivity contribution in [3.63, 3.8) is 0 Å². The van der Waals surface area contributed by atoms with Crippen LogP contribution in [0.1, 0.15) is 25.0 Å². The molecule has 0 unspecified atom stereocenters. The average Bonchev–Trinajstić information content (AvgIpc) is 2.15. The van der Waals surface area contributed by atoms with Gasteiger partial charge in [0.2, 0.25) is 0 Å². The van der Waals surface area contributed by atoms with E-state index >= 15 is 0 Å². The molecule has 0 bridgehead atoms. The Balaban J connectivity index is 3.29. The molecule has 1 aromatic rings. The Morgan fingerprint density at radius 2 is 1.82 bits per heavy atom. The Bertz CT molecular complexity index is 453. The topological polar surface area (TPSA) is 63.3 Å². The minimum atomic E-state index is -4.49. The normalized spacial score (nSPS) is 12.5. The first-order chi connectivity index (χ1) is 7.56. The zero-order chi connectivity index (χ0) is 13.4. The summed E-state index contributed by atoms with van der Waals surface area (Å²) in [6, 6.07) is 2.68. The zero-order valence-corrected chi connectivity index (χ0v) is 9.30. The van der Waals surface area contributed by atoms with E-state index < -0.39 is 23.1 Å². The molecule has 1 aromatic carbocycles. The summed E-state index contributed by atoms with van der Waals surface area (Å²) in [6.07, 6.45) is -4.49. The van der Waals surface area contributed by atoms with Gasteiger partial charge in [-0.2, -0.15) is 13.2 Å². The number of anilines is 1. The number of halogens is 3. The molecule has 0 atom stereocenters. The summed E-state index contributed by atoms with van der Waals surface area (Å²) in [7, 11) is 0. The molecule has 17 heavy (non-hydrogen) atoms. The lowest BCUT2D eigenvalue weighted by Gasteiger charge is -2.22. The van der Waals surface area contributed by atoms with E-state index in [0.717, 1.165) is 18.2 Å². The van der Waals surface area contributed by atoms with E-state index in [9.17, 15) is 18.0 Å². The summed E-state index contributed by atoms with van der Waals surface area (Å²) in [5.74, 6) is -1.15. The molecule has 0 aliphatic rings. The molecular formula is C11H12F3NO2. The minimum absolute atomic E-state index is 0.165. The predicted octanol–water partition coefficient (Wildman–Crippen LogP) is 2.65. The summed E-state index contributed by atoms with van der Waals surface area (Å²) in [4.78, 5) is 11.0. The molecular weight excluding hydrogens is 235 g/mol. The third-order valence-electron chi connectivity index (χ3n) is 2.59. The van der Waals surface area contributed by atoms with Crippen molar-refractivity contribution in [1.29, 1.82) is 0 Å². The first-order valence-corrected chi connectivity index (χ1v) is 4.77. The fraction of sp³-hybridized carbons (Fsp3) is 0.364. The van der Waals surface area contributed by atoms with Gasteiger partial charge in [-0.05, 0) is 31.5 Å². The monoisotopic (exact) mass is 247 g/mol. The highest BCUT2D eigenvalue weighted by molar-refractivity contribution is 5.82. The van der Waals surface area contributed by atoms with E-state index in [2.05, 4.69) is 0 Å². The Kier molecular flexibility index (Phi) is 3.09. The van der Waals surface area contributed by atoms with E-state index in [0.29, 0.717) is 0 Å². The van der Waals surface area contributed by atoms with Crippen molar-refractivity contribution in [2.45, 2.75) is 25.4 Å². The van der Waals surface area contributed by atoms with Crippen molar-refractivity contribution in [1.82, 2.24) is 0 Å².